The monoisotopic (exact) mass is 268 g/mol. The molecule has 5 heteroatoms. The van der Waals surface area contributed by atoms with Gasteiger partial charge in [-0.2, -0.15) is 0 Å². The van der Waals surface area contributed by atoms with E-state index in [1.807, 2.05) is 6.07 Å². The molecule has 98 valence electrons. The number of hydrogen-bond acceptors (Lipinski definition) is 2. The van der Waals surface area contributed by atoms with Crippen LogP contribution in [0.25, 0.3) is 0 Å². The summed E-state index contributed by atoms with van der Waals surface area (Å²) >= 11 is 5.86. The molecule has 0 atom stereocenters. The Kier molecular flexibility index (Phi) is 4.44. The zero-order valence-electron chi connectivity index (χ0n) is 10.1. The van der Waals surface area contributed by atoms with E-state index in [9.17, 15) is 4.79 Å². The summed E-state index contributed by atoms with van der Waals surface area (Å²) in [7, 11) is 0. The number of amides is 2. The van der Waals surface area contributed by atoms with E-state index in [1.165, 1.54) is 0 Å². The number of carbonyl (C=O) groups excluding carboxylic acids is 1. The van der Waals surface area contributed by atoms with Crippen LogP contribution < -0.4 is 5.32 Å². The van der Waals surface area contributed by atoms with E-state index in [0.717, 1.165) is 12.8 Å². The van der Waals surface area contributed by atoms with Crippen LogP contribution in [0.15, 0.2) is 24.3 Å². The van der Waals surface area contributed by atoms with Crippen molar-refractivity contribution in [2.45, 2.75) is 12.8 Å². The van der Waals surface area contributed by atoms with E-state index in [2.05, 4.69) is 5.32 Å². The van der Waals surface area contributed by atoms with Gasteiger partial charge in [0.25, 0.3) is 0 Å². The van der Waals surface area contributed by atoms with E-state index in [4.69, 9.17) is 16.7 Å². The van der Waals surface area contributed by atoms with Gasteiger partial charge in [0.2, 0.25) is 0 Å². The van der Waals surface area contributed by atoms with Crippen molar-refractivity contribution in [1.29, 1.82) is 0 Å². The normalized spacial score (nSPS) is 16.7. The second-order valence-corrected chi connectivity index (χ2v) is 4.99. The summed E-state index contributed by atoms with van der Waals surface area (Å²) in [6.45, 7) is 1.60. The predicted octanol–water partition coefficient (Wildman–Crippen LogP) is 2.58. The second kappa shape index (κ2) is 6.07. The molecule has 18 heavy (non-hydrogen) atoms. The number of piperidine rings is 1. The minimum absolute atomic E-state index is 0.103. The zero-order valence-corrected chi connectivity index (χ0v) is 10.9. The highest BCUT2D eigenvalue weighted by molar-refractivity contribution is 6.30. The molecule has 0 bridgehead atoms. The largest absolute Gasteiger partial charge is 0.396 e. The summed E-state index contributed by atoms with van der Waals surface area (Å²) in [5.74, 6) is 0.334. The quantitative estimate of drug-likeness (QED) is 0.866. The molecule has 1 fully saturated rings. The summed E-state index contributed by atoms with van der Waals surface area (Å²) in [5.41, 5.74) is 0.705. The molecular formula is C13H17ClN2O2. The predicted molar refractivity (Wildman–Crippen MR) is 71.9 cm³/mol. The standard InChI is InChI=1S/C13H17ClN2O2/c14-11-2-1-3-12(8-11)15-13(18)16-6-4-10(9-17)5-7-16/h1-3,8,10,17H,4-7,9H2,(H,15,18). The van der Waals surface area contributed by atoms with Crippen LogP contribution in [0.2, 0.25) is 5.02 Å². The number of nitrogens with one attached hydrogen (secondary N) is 1. The van der Waals surface area contributed by atoms with Crippen LogP contribution in [0.5, 0.6) is 0 Å². The summed E-state index contributed by atoms with van der Waals surface area (Å²) in [5, 5.41) is 12.5. The van der Waals surface area contributed by atoms with Gasteiger partial charge in [-0.15, -0.1) is 0 Å². The molecule has 2 N–H and O–H groups in total. The molecule has 1 heterocycles. The minimum Gasteiger partial charge on any atom is -0.396 e. The van der Waals surface area contributed by atoms with Crippen molar-refractivity contribution in [3.8, 4) is 0 Å². The lowest BCUT2D eigenvalue weighted by molar-refractivity contribution is 0.143. The fraction of sp³-hybridized carbons (Fsp3) is 0.462. The van der Waals surface area contributed by atoms with Gasteiger partial charge in [-0.25, -0.2) is 4.79 Å². The molecular weight excluding hydrogens is 252 g/mol. The molecule has 0 saturated carbocycles. The van der Waals surface area contributed by atoms with E-state index in [0.29, 0.717) is 29.7 Å². The third kappa shape index (κ3) is 3.37. The van der Waals surface area contributed by atoms with Gasteiger partial charge in [-0.05, 0) is 37.0 Å². The number of halogens is 1. The Morgan fingerprint density at radius 3 is 2.78 bits per heavy atom. The third-order valence-corrected chi connectivity index (χ3v) is 3.47. The lowest BCUT2D eigenvalue weighted by Gasteiger charge is -2.31. The van der Waals surface area contributed by atoms with Crippen LogP contribution in [0.1, 0.15) is 12.8 Å². The SMILES string of the molecule is O=C(Nc1cccc(Cl)c1)N1CCC(CO)CC1. The first kappa shape index (κ1) is 13.2. The molecule has 0 radical (unpaired) electrons. The van der Waals surface area contributed by atoms with Crippen molar-refractivity contribution in [1.82, 2.24) is 4.90 Å². The lowest BCUT2D eigenvalue weighted by Crippen LogP contribution is -2.41. The second-order valence-electron chi connectivity index (χ2n) is 4.55. The maximum Gasteiger partial charge on any atom is 0.321 e. The fourth-order valence-electron chi connectivity index (χ4n) is 2.09. The average Bonchev–Trinajstić information content (AvgIpc) is 2.39. The Morgan fingerprint density at radius 1 is 1.44 bits per heavy atom. The van der Waals surface area contributed by atoms with E-state index >= 15 is 0 Å². The molecule has 1 saturated heterocycles. The maximum absolute atomic E-state index is 12.0. The van der Waals surface area contributed by atoms with E-state index in [-0.39, 0.29) is 12.6 Å². The number of nitrogens with zero attached hydrogens (tertiary/aromatic N) is 1. The van der Waals surface area contributed by atoms with Crippen molar-refractivity contribution in [3.05, 3.63) is 29.3 Å². The molecule has 1 aliphatic rings. The number of rotatable bonds is 2. The first-order chi connectivity index (χ1) is 8.69. The average molecular weight is 269 g/mol. The highest BCUT2D eigenvalue weighted by Crippen LogP contribution is 2.19. The molecule has 0 spiro atoms. The van der Waals surface area contributed by atoms with Gasteiger partial charge >= 0.3 is 6.03 Å². The Balaban J connectivity index is 1.89. The first-order valence-corrected chi connectivity index (χ1v) is 6.49. The Labute approximate surface area is 112 Å². The molecule has 0 unspecified atom stereocenters. The van der Waals surface area contributed by atoms with Gasteiger partial charge in [0.1, 0.15) is 0 Å². The molecule has 1 aromatic rings. The van der Waals surface area contributed by atoms with Crippen LogP contribution in [0.3, 0.4) is 0 Å². The van der Waals surface area contributed by atoms with Gasteiger partial charge < -0.3 is 15.3 Å². The molecule has 1 aliphatic heterocycles. The number of aliphatic hydroxyl groups excluding tert-OH is 1. The highest BCUT2D eigenvalue weighted by atomic mass is 35.5. The summed E-state index contributed by atoms with van der Waals surface area (Å²) in [6.07, 6.45) is 1.72. The number of hydrogen-bond donors (Lipinski definition) is 2. The lowest BCUT2D eigenvalue weighted by atomic mass is 9.98. The minimum atomic E-state index is -0.103. The number of aliphatic hydroxyl groups is 1. The van der Waals surface area contributed by atoms with Gasteiger partial charge in [0, 0.05) is 30.4 Å². The maximum atomic E-state index is 12.0. The van der Waals surface area contributed by atoms with Crippen molar-refractivity contribution < 1.29 is 9.90 Å². The first-order valence-electron chi connectivity index (χ1n) is 6.11. The molecule has 0 aliphatic carbocycles. The Morgan fingerprint density at radius 2 is 2.17 bits per heavy atom. The fourth-order valence-corrected chi connectivity index (χ4v) is 2.28. The number of anilines is 1. The third-order valence-electron chi connectivity index (χ3n) is 3.24. The van der Waals surface area contributed by atoms with Crippen LogP contribution >= 0.6 is 11.6 Å². The molecule has 2 rings (SSSR count). The van der Waals surface area contributed by atoms with Gasteiger partial charge in [-0.1, -0.05) is 17.7 Å². The van der Waals surface area contributed by atoms with Gasteiger partial charge in [-0.3, -0.25) is 0 Å². The topological polar surface area (TPSA) is 52.6 Å². The summed E-state index contributed by atoms with van der Waals surface area (Å²) in [4.78, 5) is 13.8. The summed E-state index contributed by atoms with van der Waals surface area (Å²) < 4.78 is 0. The number of benzene rings is 1. The Bertz CT molecular complexity index is 417. The van der Waals surface area contributed by atoms with E-state index in [1.54, 1.807) is 23.1 Å². The summed E-state index contributed by atoms with van der Waals surface area (Å²) in [6, 6.07) is 7.00. The number of carbonyl (C=O) groups is 1. The van der Waals surface area contributed by atoms with Crippen LogP contribution in [0.4, 0.5) is 10.5 Å². The number of urea groups is 1. The molecule has 4 nitrogen and oxygen atoms in total. The van der Waals surface area contributed by atoms with Crippen LogP contribution in [0, 0.1) is 5.92 Å². The Hall–Kier alpha value is -1.26. The highest BCUT2D eigenvalue weighted by Gasteiger charge is 2.22. The smallest absolute Gasteiger partial charge is 0.321 e. The van der Waals surface area contributed by atoms with Crippen molar-refractivity contribution in [3.63, 3.8) is 0 Å². The molecule has 0 aromatic heterocycles. The molecule has 1 aromatic carbocycles. The van der Waals surface area contributed by atoms with Crippen molar-refractivity contribution in [2.75, 3.05) is 25.0 Å². The van der Waals surface area contributed by atoms with Crippen LogP contribution in [-0.2, 0) is 0 Å². The zero-order chi connectivity index (χ0) is 13.0. The van der Waals surface area contributed by atoms with Crippen LogP contribution in [-0.4, -0.2) is 35.7 Å². The van der Waals surface area contributed by atoms with E-state index < -0.39 is 0 Å². The van der Waals surface area contributed by atoms with Crippen molar-refractivity contribution in [2.24, 2.45) is 5.92 Å². The van der Waals surface area contributed by atoms with Crippen molar-refractivity contribution >= 4 is 23.3 Å². The number of likely N-dealkylation sites (tertiary alicyclic amines) is 1. The van der Waals surface area contributed by atoms with Gasteiger partial charge in [0.05, 0.1) is 0 Å². The molecule has 2 amide bonds. The van der Waals surface area contributed by atoms with Gasteiger partial charge in [0.15, 0.2) is 0 Å².